The minimum atomic E-state index is 0.767. The summed E-state index contributed by atoms with van der Waals surface area (Å²) >= 11 is 0. The maximum absolute atomic E-state index is 5.12. The van der Waals surface area contributed by atoms with Gasteiger partial charge in [0.2, 0.25) is 0 Å². The predicted octanol–water partition coefficient (Wildman–Crippen LogP) is 3.22. The summed E-state index contributed by atoms with van der Waals surface area (Å²) in [6.07, 6.45) is 2.57. The second-order valence-corrected chi connectivity index (χ2v) is 4.37. The highest BCUT2D eigenvalue weighted by molar-refractivity contribution is 5.26. The summed E-state index contributed by atoms with van der Waals surface area (Å²) in [6, 6.07) is 8.23. The number of nitrogens with one attached hydrogen (secondary N) is 1. The second-order valence-electron chi connectivity index (χ2n) is 4.37. The van der Waals surface area contributed by atoms with Gasteiger partial charge in [0.05, 0.1) is 7.11 Å². The van der Waals surface area contributed by atoms with Crippen LogP contribution in [0.1, 0.15) is 32.3 Å². The Morgan fingerprint density at radius 3 is 2.50 bits per heavy atom. The molecule has 0 spiro atoms. The molecular weight excluding hydrogens is 198 g/mol. The van der Waals surface area contributed by atoms with Gasteiger partial charge in [0, 0.05) is 6.54 Å². The molecule has 0 aliphatic rings. The van der Waals surface area contributed by atoms with Gasteiger partial charge in [-0.1, -0.05) is 32.4 Å². The molecule has 0 saturated carbocycles. The quantitative estimate of drug-likeness (QED) is 0.763. The Morgan fingerprint density at radius 2 is 1.94 bits per heavy atom. The van der Waals surface area contributed by atoms with Crippen LogP contribution in [0.3, 0.4) is 0 Å². The van der Waals surface area contributed by atoms with E-state index in [4.69, 9.17) is 4.74 Å². The molecule has 16 heavy (non-hydrogen) atoms. The Bertz CT molecular complexity index is 281. The number of hydrogen-bond acceptors (Lipinski definition) is 2. The Morgan fingerprint density at radius 1 is 1.25 bits per heavy atom. The van der Waals surface area contributed by atoms with Gasteiger partial charge in [0.1, 0.15) is 5.75 Å². The third-order valence-electron chi connectivity index (χ3n) is 2.76. The van der Waals surface area contributed by atoms with E-state index in [-0.39, 0.29) is 0 Å². The van der Waals surface area contributed by atoms with Crippen LogP contribution >= 0.6 is 0 Å². The van der Waals surface area contributed by atoms with Crippen LogP contribution in [0, 0.1) is 5.92 Å². The van der Waals surface area contributed by atoms with Gasteiger partial charge in [-0.05, 0) is 36.6 Å². The molecule has 0 bridgehead atoms. The van der Waals surface area contributed by atoms with Crippen molar-refractivity contribution in [2.75, 3.05) is 13.7 Å². The van der Waals surface area contributed by atoms with E-state index >= 15 is 0 Å². The summed E-state index contributed by atoms with van der Waals surface area (Å²) in [7, 11) is 1.69. The van der Waals surface area contributed by atoms with E-state index in [0.29, 0.717) is 0 Å². The van der Waals surface area contributed by atoms with Crippen LogP contribution < -0.4 is 10.1 Å². The average molecular weight is 221 g/mol. The lowest BCUT2D eigenvalue weighted by atomic mass is 10.1. The Hall–Kier alpha value is -1.02. The Balaban J connectivity index is 2.26. The van der Waals surface area contributed by atoms with Crippen LogP contribution in [0.2, 0.25) is 0 Å². The van der Waals surface area contributed by atoms with Crippen molar-refractivity contribution in [2.45, 2.75) is 33.2 Å². The van der Waals surface area contributed by atoms with E-state index in [2.05, 4.69) is 31.3 Å². The highest BCUT2D eigenvalue weighted by Gasteiger charge is 2.00. The number of hydrogen-bond donors (Lipinski definition) is 1. The highest BCUT2D eigenvalue weighted by atomic mass is 16.5. The zero-order chi connectivity index (χ0) is 11.8. The molecule has 0 radical (unpaired) electrons. The van der Waals surface area contributed by atoms with E-state index in [1.54, 1.807) is 7.11 Å². The lowest BCUT2D eigenvalue weighted by Crippen LogP contribution is -2.20. The number of methoxy groups -OCH3 is 1. The molecule has 2 heteroatoms. The summed E-state index contributed by atoms with van der Waals surface area (Å²) in [4.78, 5) is 0. The fourth-order valence-corrected chi connectivity index (χ4v) is 1.80. The van der Waals surface area contributed by atoms with Crippen LogP contribution in [0.25, 0.3) is 0 Å². The molecule has 90 valence electrons. The van der Waals surface area contributed by atoms with Crippen LogP contribution in [-0.4, -0.2) is 13.7 Å². The van der Waals surface area contributed by atoms with E-state index in [1.165, 1.54) is 18.4 Å². The minimum Gasteiger partial charge on any atom is -0.497 e. The van der Waals surface area contributed by atoms with E-state index in [0.717, 1.165) is 24.8 Å². The van der Waals surface area contributed by atoms with E-state index in [9.17, 15) is 0 Å². The summed E-state index contributed by atoms with van der Waals surface area (Å²) < 4.78 is 5.12. The predicted molar refractivity (Wildman–Crippen MR) is 68.8 cm³/mol. The first-order valence-corrected chi connectivity index (χ1v) is 6.10. The van der Waals surface area contributed by atoms with Gasteiger partial charge in [-0.2, -0.15) is 0 Å². The maximum Gasteiger partial charge on any atom is 0.118 e. The van der Waals surface area contributed by atoms with Gasteiger partial charge in [0.25, 0.3) is 0 Å². The van der Waals surface area contributed by atoms with Crippen molar-refractivity contribution >= 4 is 0 Å². The van der Waals surface area contributed by atoms with Gasteiger partial charge in [-0.3, -0.25) is 0 Å². The number of benzene rings is 1. The minimum absolute atomic E-state index is 0.767. The summed E-state index contributed by atoms with van der Waals surface area (Å²) in [5.41, 5.74) is 1.31. The molecule has 0 amide bonds. The molecule has 2 nitrogen and oxygen atoms in total. The van der Waals surface area contributed by atoms with Crippen LogP contribution in [0.5, 0.6) is 5.75 Å². The van der Waals surface area contributed by atoms with Crippen molar-refractivity contribution in [2.24, 2.45) is 5.92 Å². The topological polar surface area (TPSA) is 21.3 Å². The number of ether oxygens (including phenoxy) is 1. The normalized spacial score (nSPS) is 12.4. The third kappa shape index (κ3) is 4.67. The lowest BCUT2D eigenvalue weighted by molar-refractivity contribution is 0.414. The standard InChI is InChI=1S/C14H23NO/c1-4-5-12(2)10-15-11-13-6-8-14(16-3)9-7-13/h6-9,12,15H,4-5,10-11H2,1-3H3. The maximum atomic E-state index is 5.12. The molecule has 1 aromatic rings. The molecule has 0 saturated heterocycles. The van der Waals surface area contributed by atoms with Crippen molar-refractivity contribution < 1.29 is 4.74 Å². The first-order valence-electron chi connectivity index (χ1n) is 6.10. The van der Waals surface area contributed by atoms with Crippen molar-refractivity contribution in [3.63, 3.8) is 0 Å². The monoisotopic (exact) mass is 221 g/mol. The van der Waals surface area contributed by atoms with Crippen molar-refractivity contribution in [1.82, 2.24) is 5.32 Å². The summed E-state index contributed by atoms with van der Waals surface area (Å²) in [5, 5.41) is 3.48. The molecule has 0 heterocycles. The van der Waals surface area contributed by atoms with Crippen molar-refractivity contribution in [1.29, 1.82) is 0 Å². The fraction of sp³-hybridized carbons (Fsp3) is 0.571. The molecule has 1 rings (SSSR count). The van der Waals surface area contributed by atoms with Crippen LogP contribution in [0.4, 0.5) is 0 Å². The molecule has 0 aliphatic carbocycles. The fourth-order valence-electron chi connectivity index (χ4n) is 1.80. The zero-order valence-corrected chi connectivity index (χ0v) is 10.6. The van der Waals surface area contributed by atoms with Gasteiger partial charge >= 0.3 is 0 Å². The molecule has 1 N–H and O–H groups in total. The largest absolute Gasteiger partial charge is 0.497 e. The zero-order valence-electron chi connectivity index (χ0n) is 10.6. The summed E-state index contributed by atoms with van der Waals surface area (Å²) in [6.45, 7) is 6.57. The molecular formula is C14H23NO. The first-order chi connectivity index (χ1) is 7.76. The molecule has 1 atom stereocenters. The SMILES string of the molecule is CCCC(C)CNCc1ccc(OC)cc1. The molecule has 1 unspecified atom stereocenters. The highest BCUT2D eigenvalue weighted by Crippen LogP contribution is 2.11. The van der Waals surface area contributed by atoms with Crippen molar-refractivity contribution in [3.8, 4) is 5.75 Å². The first kappa shape index (κ1) is 13.0. The molecule has 0 aromatic heterocycles. The Labute approximate surface area is 99.0 Å². The molecule has 1 aromatic carbocycles. The van der Waals surface area contributed by atoms with Crippen LogP contribution in [0.15, 0.2) is 24.3 Å². The van der Waals surface area contributed by atoms with Gasteiger partial charge in [-0.25, -0.2) is 0 Å². The summed E-state index contributed by atoms with van der Waals surface area (Å²) in [5.74, 6) is 1.69. The van der Waals surface area contributed by atoms with Crippen molar-refractivity contribution in [3.05, 3.63) is 29.8 Å². The average Bonchev–Trinajstić information content (AvgIpc) is 2.30. The van der Waals surface area contributed by atoms with Gasteiger partial charge in [0.15, 0.2) is 0 Å². The molecule has 0 fully saturated rings. The molecule has 0 aliphatic heterocycles. The van der Waals surface area contributed by atoms with E-state index in [1.807, 2.05) is 12.1 Å². The smallest absolute Gasteiger partial charge is 0.118 e. The number of rotatable bonds is 7. The Kier molecular flexibility index (Phi) is 5.94. The van der Waals surface area contributed by atoms with Gasteiger partial charge < -0.3 is 10.1 Å². The van der Waals surface area contributed by atoms with Gasteiger partial charge in [-0.15, -0.1) is 0 Å². The third-order valence-corrected chi connectivity index (χ3v) is 2.76. The van der Waals surface area contributed by atoms with Crippen LogP contribution in [-0.2, 0) is 6.54 Å². The lowest BCUT2D eigenvalue weighted by Gasteiger charge is -2.11. The second kappa shape index (κ2) is 7.29. The van der Waals surface area contributed by atoms with E-state index < -0.39 is 0 Å².